The highest BCUT2D eigenvalue weighted by atomic mass is 16.6. The average Bonchev–Trinajstić information content (AvgIpc) is 2.58. The third-order valence-corrected chi connectivity index (χ3v) is 2.86. The van der Waals surface area contributed by atoms with Crippen LogP contribution in [0.5, 0.6) is 0 Å². The molecule has 1 aromatic carbocycles. The Kier molecular flexibility index (Phi) is 3.37. The number of nitro groups is 1. The molecule has 6 nitrogen and oxygen atoms in total. The summed E-state index contributed by atoms with van der Waals surface area (Å²) < 4.78 is 0. The van der Waals surface area contributed by atoms with E-state index in [4.69, 9.17) is 0 Å². The molecular weight excluding hydrogens is 224 g/mol. The van der Waals surface area contributed by atoms with E-state index < -0.39 is 17.1 Å². The molecule has 1 aliphatic heterocycles. The van der Waals surface area contributed by atoms with Gasteiger partial charge in [-0.25, -0.2) is 0 Å². The molecule has 2 N–H and O–H groups in total. The molecule has 6 heteroatoms. The largest absolute Gasteiger partial charge is 0.389 e. The van der Waals surface area contributed by atoms with Crippen LogP contribution in [0.3, 0.4) is 0 Å². The van der Waals surface area contributed by atoms with Gasteiger partial charge in [0.15, 0.2) is 0 Å². The summed E-state index contributed by atoms with van der Waals surface area (Å²) in [5, 5.41) is 29.4. The molecule has 2 unspecified atom stereocenters. The molecular formula is C11H14N2O4. The quantitative estimate of drug-likeness (QED) is 0.577. The minimum absolute atomic E-state index is 0.0581. The molecule has 1 heterocycles. The van der Waals surface area contributed by atoms with Crippen LogP contribution in [0.15, 0.2) is 24.3 Å². The van der Waals surface area contributed by atoms with Crippen molar-refractivity contribution < 1.29 is 15.1 Å². The topological polar surface area (TPSA) is 86.8 Å². The van der Waals surface area contributed by atoms with Gasteiger partial charge >= 0.3 is 0 Å². The highest BCUT2D eigenvalue weighted by molar-refractivity contribution is 5.34. The fourth-order valence-electron chi connectivity index (χ4n) is 2.00. The second-order valence-corrected chi connectivity index (χ2v) is 4.26. The molecule has 0 bridgehead atoms. The number of benzene rings is 1. The first kappa shape index (κ1) is 12.0. The Bertz CT molecular complexity index is 414. The van der Waals surface area contributed by atoms with E-state index in [1.54, 1.807) is 12.1 Å². The van der Waals surface area contributed by atoms with Crippen molar-refractivity contribution in [2.75, 3.05) is 13.1 Å². The summed E-state index contributed by atoms with van der Waals surface area (Å²) >= 11 is 0. The number of nitro benzene ring substituents is 1. The summed E-state index contributed by atoms with van der Waals surface area (Å²) in [5.41, 5.74) is 0.864. The molecule has 0 radical (unpaired) electrons. The van der Waals surface area contributed by atoms with Crippen molar-refractivity contribution in [2.24, 2.45) is 0 Å². The highest BCUT2D eigenvalue weighted by Gasteiger charge is 2.29. The molecule has 1 fully saturated rings. The van der Waals surface area contributed by atoms with Gasteiger partial charge in [0, 0.05) is 31.8 Å². The van der Waals surface area contributed by atoms with Crippen LogP contribution in [-0.2, 0) is 6.54 Å². The van der Waals surface area contributed by atoms with E-state index in [1.807, 2.05) is 4.90 Å². The third-order valence-electron chi connectivity index (χ3n) is 2.86. The maximum Gasteiger partial charge on any atom is 0.269 e. The van der Waals surface area contributed by atoms with Crippen LogP contribution in [0.2, 0.25) is 0 Å². The maximum atomic E-state index is 10.6. The molecule has 92 valence electrons. The molecule has 17 heavy (non-hydrogen) atoms. The molecule has 0 aliphatic carbocycles. The molecule has 0 spiro atoms. The van der Waals surface area contributed by atoms with Gasteiger partial charge in [0.1, 0.15) is 0 Å². The second-order valence-electron chi connectivity index (χ2n) is 4.26. The van der Waals surface area contributed by atoms with Crippen molar-refractivity contribution in [3.63, 3.8) is 0 Å². The first-order chi connectivity index (χ1) is 8.06. The predicted octanol–water partition coefficient (Wildman–Crippen LogP) is 0.132. The third kappa shape index (κ3) is 2.79. The van der Waals surface area contributed by atoms with Gasteiger partial charge in [-0.05, 0) is 5.56 Å². The van der Waals surface area contributed by atoms with Crippen molar-refractivity contribution >= 4 is 5.69 Å². The number of aliphatic hydroxyl groups is 2. The van der Waals surface area contributed by atoms with Gasteiger partial charge in [-0.1, -0.05) is 12.1 Å². The van der Waals surface area contributed by atoms with Gasteiger partial charge in [0.05, 0.1) is 17.1 Å². The van der Waals surface area contributed by atoms with Crippen molar-refractivity contribution in [2.45, 2.75) is 18.8 Å². The van der Waals surface area contributed by atoms with Crippen LogP contribution in [-0.4, -0.2) is 45.3 Å². The lowest BCUT2D eigenvalue weighted by atomic mass is 10.2. The molecule has 0 saturated carbocycles. The number of β-amino-alcohol motifs (C(OH)–C–C–N with tert-alkyl or cyclic N) is 2. The lowest BCUT2D eigenvalue weighted by Gasteiger charge is -2.14. The molecule has 0 aromatic heterocycles. The van der Waals surface area contributed by atoms with Gasteiger partial charge in [0.25, 0.3) is 5.69 Å². The van der Waals surface area contributed by atoms with E-state index >= 15 is 0 Å². The van der Waals surface area contributed by atoms with E-state index in [1.165, 1.54) is 12.1 Å². The monoisotopic (exact) mass is 238 g/mol. The summed E-state index contributed by atoms with van der Waals surface area (Å²) in [7, 11) is 0. The zero-order valence-electron chi connectivity index (χ0n) is 9.19. The van der Waals surface area contributed by atoms with Crippen LogP contribution in [0, 0.1) is 10.1 Å². The van der Waals surface area contributed by atoms with Crippen LogP contribution >= 0.6 is 0 Å². The van der Waals surface area contributed by atoms with Gasteiger partial charge in [0.2, 0.25) is 0 Å². The summed E-state index contributed by atoms with van der Waals surface area (Å²) in [6.07, 6.45) is -1.46. The minimum atomic E-state index is -0.728. The van der Waals surface area contributed by atoms with Crippen molar-refractivity contribution in [1.82, 2.24) is 4.90 Å². The summed E-state index contributed by atoms with van der Waals surface area (Å²) in [4.78, 5) is 12.0. The van der Waals surface area contributed by atoms with Gasteiger partial charge < -0.3 is 10.2 Å². The number of aliphatic hydroxyl groups excluding tert-OH is 2. The number of rotatable bonds is 3. The zero-order chi connectivity index (χ0) is 12.4. The number of non-ortho nitro benzene ring substituents is 1. The summed E-state index contributed by atoms with van der Waals surface area (Å²) in [6.45, 7) is 1.28. The van der Waals surface area contributed by atoms with E-state index in [0.29, 0.717) is 19.6 Å². The molecule has 1 aromatic rings. The molecule has 2 rings (SSSR count). The van der Waals surface area contributed by atoms with Gasteiger partial charge in [-0.15, -0.1) is 0 Å². The van der Waals surface area contributed by atoms with E-state index in [9.17, 15) is 20.3 Å². The summed E-state index contributed by atoms with van der Waals surface area (Å²) in [5.74, 6) is 0. The Balaban J connectivity index is 2.04. The van der Waals surface area contributed by atoms with E-state index in [2.05, 4.69) is 0 Å². The van der Waals surface area contributed by atoms with E-state index in [-0.39, 0.29) is 5.69 Å². The second kappa shape index (κ2) is 4.79. The average molecular weight is 238 g/mol. The first-order valence-corrected chi connectivity index (χ1v) is 5.38. The zero-order valence-corrected chi connectivity index (χ0v) is 9.19. The van der Waals surface area contributed by atoms with Gasteiger partial charge in [-0.3, -0.25) is 15.0 Å². The van der Waals surface area contributed by atoms with Gasteiger partial charge in [-0.2, -0.15) is 0 Å². The van der Waals surface area contributed by atoms with E-state index in [0.717, 1.165) is 5.56 Å². The molecule has 0 amide bonds. The normalized spacial score (nSPS) is 25.1. The highest BCUT2D eigenvalue weighted by Crippen LogP contribution is 2.17. The Morgan fingerprint density at radius 1 is 1.35 bits per heavy atom. The predicted molar refractivity (Wildman–Crippen MR) is 60.4 cm³/mol. The summed E-state index contributed by atoms with van der Waals surface area (Å²) in [6, 6.07) is 6.38. The van der Waals surface area contributed by atoms with Crippen molar-refractivity contribution in [1.29, 1.82) is 0 Å². The molecule has 1 saturated heterocycles. The Hall–Kier alpha value is -1.50. The lowest BCUT2D eigenvalue weighted by Crippen LogP contribution is -2.22. The van der Waals surface area contributed by atoms with Crippen LogP contribution in [0.25, 0.3) is 0 Å². The number of likely N-dealkylation sites (tertiary alicyclic amines) is 1. The van der Waals surface area contributed by atoms with Crippen LogP contribution in [0.4, 0.5) is 5.69 Å². The number of nitrogens with zero attached hydrogens (tertiary/aromatic N) is 2. The number of hydrogen-bond acceptors (Lipinski definition) is 5. The SMILES string of the molecule is O=[N+]([O-])c1cccc(CN2CC(O)C(O)C2)c1. The molecule has 2 atom stereocenters. The molecule has 1 aliphatic rings. The van der Waals surface area contributed by atoms with Crippen molar-refractivity contribution in [3.8, 4) is 0 Å². The number of hydrogen-bond donors (Lipinski definition) is 2. The standard InChI is InChI=1S/C11H14N2O4/c14-10-6-12(7-11(10)15)5-8-2-1-3-9(4-8)13(16)17/h1-4,10-11,14-15H,5-7H2. The Morgan fingerprint density at radius 2 is 2.00 bits per heavy atom. The fourth-order valence-corrected chi connectivity index (χ4v) is 2.00. The van der Waals surface area contributed by atoms with Crippen LogP contribution < -0.4 is 0 Å². The minimum Gasteiger partial charge on any atom is -0.389 e. The maximum absolute atomic E-state index is 10.6. The lowest BCUT2D eigenvalue weighted by molar-refractivity contribution is -0.384. The first-order valence-electron chi connectivity index (χ1n) is 5.38. The Labute approximate surface area is 98.3 Å². The Morgan fingerprint density at radius 3 is 2.59 bits per heavy atom. The fraction of sp³-hybridized carbons (Fsp3) is 0.455. The smallest absolute Gasteiger partial charge is 0.269 e. The van der Waals surface area contributed by atoms with Crippen LogP contribution in [0.1, 0.15) is 5.56 Å². The van der Waals surface area contributed by atoms with Crippen molar-refractivity contribution in [3.05, 3.63) is 39.9 Å².